The van der Waals surface area contributed by atoms with Crippen molar-refractivity contribution in [3.05, 3.63) is 46.6 Å². The summed E-state index contributed by atoms with van der Waals surface area (Å²) in [5, 5.41) is 6.73. The number of likely N-dealkylation sites (tertiary alicyclic amines) is 1. The highest BCUT2D eigenvalue weighted by molar-refractivity contribution is 6.30. The van der Waals surface area contributed by atoms with Gasteiger partial charge in [-0.2, -0.15) is 0 Å². The maximum atomic E-state index is 13.0. The Kier molecular flexibility index (Phi) is 5.77. The standard InChI is InChI=1S/C20H27ClN4O2/c1-13-4-7-17(24-13)18(26)25-9-3-8-20(25,2)19(27)23-12-15-10-16(21)6-5-14(15)11-22/h5-6,10,17,24H,1,3-4,7-9,11-12,22H2,2H3,(H,23,27)/t17-,20+/m1/s1. The van der Waals surface area contributed by atoms with E-state index in [4.69, 9.17) is 17.3 Å². The highest BCUT2D eigenvalue weighted by atomic mass is 35.5. The van der Waals surface area contributed by atoms with Crippen LogP contribution in [0, 0.1) is 0 Å². The van der Waals surface area contributed by atoms with Gasteiger partial charge in [0.2, 0.25) is 11.8 Å². The molecular weight excluding hydrogens is 364 g/mol. The Morgan fingerprint density at radius 3 is 2.89 bits per heavy atom. The second kappa shape index (κ2) is 7.90. The van der Waals surface area contributed by atoms with Crippen LogP contribution < -0.4 is 16.4 Å². The van der Waals surface area contributed by atoms with Gasteiger partial charge >= 0.3 is 0 Å². The molecule has 2 fully saturated rings. The fourth-order valence-electron chi connectivity index (χ4n) is 3.96. The van der Waals surface area contributed by atoms with Gasteiger partial charge in [0.25, 0.3) is 0 Å². The van der Waals surface area contributed by atoms with Crippen LogP contribution in [0.25, 0.3) is 0 Å². The normalized spacial score (nSPS) is 24.8. The van der Waals surface area contributed by atoms with E-state index >= 15 is 0 Å². The minimum atomic E-state index is -0.843. The summed E-state index contributed by atoms with van der Waals surface area (Å²) in [5.74, 6) is -0.165. The lowest BCUT2D eigenvalue weighted by molar-refractivity contribution is -0.145. The van der Waals surface area contributed by atoms with Crippen LogP contribution in [0.1, 0.15) is 43.7 Å². The second-order valence-electron chi connectivity index (χ2n) is 7.51. The van der Waals surface area contributed by atoms with Crippen molar-refractivity contribution in [1.82, 2.24) is 15.5 Å². The number of carbonyl (C=O) groups is 2. The first-order valence-corrected chi connectivity index (χ1v) is 9.74. The molecule has 1 aromatic rings. The van der Waals surface area contributed by atoms with Crippen molar-refractivity contribution in [2.24, 2.45) is 5.73 Å². The Hall–Kier alpha value is -2.05. The molecule has 7 heteroatoms. The smallest absolute Gasteiger partial charge is 0.245 e. The zero-order valence-electron chi connectivity index (χ0n) is 15.7. The van der Waals surface area contributed by atoms with E-state index in [1.165, 1.54) is 0 Å². The Labute approximate surface area is 165 Å². The molecule has 0 radical (unpaired) electrons. The van der Waals surface area contributed by atoms with Gasteiger partial charge in [0.1, 0.15) is 11.6 Å². The first-order valence-electron chi connectivity index (χ1n) is 9.36. The molecule has 0 saturated carbocycles. The first kappa shape index (κ1) is 19.7. The van der Waals surface area contributed by atoms with Gasteiger partial charge in [0.15, 0.2) is 0 Å². The number of hydrogen-bond acceptors (Lipinski definition) is 4. The van der Waals surface area contributed by atoms with Gasteiger partial charge in [-0.1, -0.05) is 24.2 Å². The molecule has 2 saturated heterocycles. The monoisotopic (exact) mass is 390 g/mol. The molecule has 3 rings (SSSR count). The van der Waals surface area contributed by atoms with Crippen LogP contribution >= 0.6 is 11.6 Å². The third-order valence-corrected chi connectivity index (χ3v) is 5.87. The molecule has 2 atom stereocenters. The van der Waals surface area contributed by atoms with Gasteiger partial charge in [-0.15, -0.1) is 0 Å². The summed E-state index contributed by atoms with van der Waals surface area (Å²) in [4.78, 5) is 27.7. The number of nitrogens with zero attached hydrogens (tertiary/aromatic N) is 1. The van der Waals surface area contributed by atoms with Crippen LogP contribution in [0.15, 0.2) is 30.5 Å². The minimum Gasteiger partial charge on any atom is -0.378 e. The summed E-state index contributed by atoms with van der Waals surface area (Å²) in [6.07, 6.45) is 2.99. The molecule has 27 heavy (non-hydrogen) atoms. The number of nitrogens with one attached hydrogen (secondary N) is 2. The molecule has 2 heterocycles. The summed E-state index contributed by atoms with van der Waals surface area (Å²) in [6, 6.07) is 5.20. The van der Waals surface area contributed by atoms with E-state index in [1.54, 1.807) is 11.0 Å². The summed E-state index contributed by atoms with van der Waals surface area (Å²) in [6.45, 7) is 7.04. The van der Waals surface area contributed by atoms with Crippen molar-refractivity contribution in [1.29, 1.82) is 0 Å². The fourth-order valence-corrected chi connectivity index (χ4v) is 4.15. The van der Waals surface area contributed by atoms with Crippen LogP contribution in [0.3, 0.4) is 0 Å². The molecule has 0 bridgehead atoms. The zero-order valence-corrected chi connectivity index (χ0v) is 16.4. The second-order valence-corrected chi connectivity index (χ2v) is 7.94. The number of rotatable bonds is 5. The topological polar surface area (TPSA) is 87.5 Å². The minimum absolute atomic E-state index is 0.0193. The quantitative estimate of drug-likeness (QED) is 0.718. The van der Waals surface area contributed by atoms with E-state index in [9.17, 15) is 9.59 Å². The Morgan fingerprint density at radius 2 is 2.22 bits per heavy atom. The number of halogens is 1. The molecule has 6 nitrogen and oxygen atoms in total. The highest BCUT2D eigenvalue weighted by Gasteiger charge is 2.47. The lowest BCUT2D eigenvalue weighted by Gasteiger charge is -2.35. The van der Waals surface area contributed by atoms with Crippen LogP contribution in [0.5, 0.6) is 0 Å². The molecule has 2 amide bonds. The number of benzene rings is 1. The summed E-state index contributed by atoms with van der Waals surface area (Å²) in [7, 11) is 0. The average Bonchev–Trinajstić information content (AvgIpc) is 3.26. The maximum absolute atomic E-state index is 13.0. The molecule has 0 spiro atoms. The molecule has 0 unspecified atom stereocenters. The number of carbonyl (C=O) groups excluding carboxylic acids is 2. The largest absolute Gasteiger partial charge is 0.378 e. The predicted octanol–water partition coefficient (Wildman–Crippen LogP) is 2.06. The van der Waals surface area contributed by atoms with Gasteiger partial charge in [-0.25, -0.2) is 0 Å². The molecule has 1 aromatic carbocycles. The maximum Gasteiger partial charge on any atom is 0.245 e. The Bertz CT molecular complexity index is 766. The van der Waals surface area contributed by atoms with E-state index in [0.717, 1.165) is 36.1 Å². The van der Waals surface area contributed by atoms with E-state index in [0.29, 0.717) is 31.1 Å². The van der Waals surface area contributed by atoms with E-state index < -0.39 is 5.54 Å². The molecule has 0 aliphatic carbocycles. The number of amides is 2. The van der Waals surface area contributed by atoms with E-state index in [-0.39, 0.29) is 17.9 Å². The highest BCUT2D eigenvalue weighted by Crippen LogP contribution is 2.31. The summed E-state index contributed by atoms with van der Waals surface area (Å²) < 4.78 is 0. The zero-order chi connectivity index (χ0) is 19.6. The van der Waals surface area contributed by atoms with Gasteiger partial charge in [-0.05, 0) is 55.9 Å². The molecule has 0 aromatic heterocycles. The lowest BCUT2D eigenvalue weighted by atomic mass is 9.96. The average molecular weight is 391 g/mol. The summed E-state index contributed by atoms with van der Waals surface area (Å²) in [5.41, 5.74) is 7.65. The number of nitrogens with two attached hydrogens (primary N) is 1. The van der Waals surface area contributed by atoms with Crippen molar-refractivity contribution in [2.45, 2.75) is 57.3 Å². The Balaban J connectivity index is 1.70. The third-order valence-electron chi connectivity index (χ3n) is 5.64. The van der Waals surface area contributed by atoms with Crippen molar-refractivity contribution in [3.63, 3.8) is 0 Å². The first-order chi connectivity index (χ1) is 12.8. The molecule has 2 aliphatic heterocycles. The fraction of sp³-hybridized carbons (Fsp3) is 0.500. The Morgan fingerprint density at radius 1 is 1.44 bits per heavy atom. The van der Waals surface area contributed by atoms with Gasteiger partial charge in [0.05, 0.1) is 0 Å². The third kappa shape index (κ3) is 3.96. The molecule has 146 valence electrons. The van der Waals surface area contributed by atoms with Gasteiger partial charge in [-0.3, -0.25) is 9.59 Å². The van der Waals surface area contributed by atoms with Crippen LogP contribution in [0.4, 0.5) is 0 Å². The lowest BCUT2D eigenvalue weighted by Crippen LogP contribution is -2.58. The van der Waals surface area contributed by atoms with E-state index in [1.807, 2.05) is 19.1 Å². The van der Waals surface area contributed by atoms with Crippen molar-refractivity contribution in [3.8, 4) is 0 Å². The number of allylic oxidation sites excluding steroid dienone is 1. The van der Waals surface area contributed by atoms with Crippen LogP contribution in [-0.4, -0.2) is 34.8 Å². The van der Waals surface area contributed by atoms with Crippen molar-refractivity contribution in [2.75, 3.05) is 6.54 Å². The molecule has 4 N–H and O–H groups in total. The number of hydrogen-bond donors (Lipinski definition) is 3. The predicted molar refractivity (Wildman–Crippen MR) is 106 cm³/mol. The van der Waals surface area contributed by atoms with Crippen molar-refractivity contribution < 1.29 is 9.59 Å². The van der Waals surface area contributed by atoms with Gasteiger partial charge < -0.3 is 21.3 Å². The molecule has 2 aliphatic rings. The van der Waals surface area contributed by atoms with Crippen LogP contribution in [-0.2, 0) is 22.7 Å². The van der Waals surface area contributed by atoms with Crippen molar-refractivity contribution >= 4 is 23.4 Å². The van der Waals surface area contributed by atoms with E-state index in [2.05, 4.69) is 17.2 Å². The van der Waals surface area contributed by atoms with Crippen LogP contribution in [0.2, 0.25) is 5.02 Å². The molecular formula is C20H27ClN4O2. The SMILES string of the molecule is C=C1CC[C@H](C(=O)N2CCC[C@@]2(C)C(=O)NCc2cc(Cl)ccc2CN)N1. The van der Waals surface area contributed by atoms with Gasteiger partial charge in [0, 0.05) is 30.4 Å². The summed E-state index contributed by atoms with van der Waals surface area (Å²) >= 11 is 6.07.